The van der Waals surface area contributed by atoms with E-state index >= 15 is 0 Å². The lowest BCUT2D eigenvalue weighted by molar-refractivity contribution is -0.127. The largest absolute Gasteiger partial charge is 0.349 e. The number of hydrogen-bond acceptors (Lipinski definition) is 5. The number of likely N-dealkylation sites (tertiary alicyclic amines) is 2. The highest BCUT2D eigenvalue weighted by Crippen LogP contribution is 2.53. The fourth-order valence-electron chi connectivity index (χ4n) is 5.46. The van der Waals surface area contributed by atoms with Gasteiger partial charge in [0.25, 0.3) is 11.8 Å². The molecular formula is C21H24F2N6O2. The molecule has 0 aromatic heterocycles. The molecule has 5 aliphatic heterocycles. The zero-order valence-electron chi connectivity index (χ0n) is 17.1. The summed E-state index contributed by atoms with van der Waals surface area (Å²) in [6.45, 7) is 0.448. The molecule has 0 aromatic carbocycles. The zero-order chi connectivity index (χ0) is 21.5. The number of hydrazine groups is 1. The van der Waals surface area contributed by atoms with E-state index in [4.69, 9.17) is 4.99 Å². The number of dihydropyridines is 1. The van der Waals surface area contributed by atoms with E-state index in [1.165, 1.54) is 9.91 Å². The van der Waals surface area contributed by atoms with Crippen LogP contribution in [0.2, 0.25) is 0 Å². The maximum absolute atomic E-state index is 13.6. The van der Waals surface area contributed by atoms with Gasteiger partial charge >= 0.3 is 6.03 Å². The molecular weight excluding hydrogens is 406 g/mol. The van der Waals surface area contributed by atoms with E-state index in [0.717, 1.165) is 18.7 Å². The lowest BCUT2D eigenvalue weighted by atomic mass is 9.89. The number of nitrogens with zero attached hydrogens (tertiary/aromatic N) is 5. The second-order valence-electron chi connectivity index (χ2n) is 9.27. The number of rotatable bonds is 2. The minimum atomic E-state index is -2.80. The first-order valence-corrected chi connectivity index (χ1v) is 10.7. The minimum Gasteiger partial charge on any atom is -0.349 e. The number of halogens is 2. The van der Waals surface area contributed by atoms with Crippen molar-refractivity contribution in [2.45, 2.75) is 31.1 Å². The average Bonchev–Trinajstić information content (AvgIpc) is 3.38. The van der Waals surface area contributed by atoms with Crippen molar-refractivity contribution in [3.8, 4) is 0 Å². The first-order valence-electron chi connectivity index (χ1n) is 10.7. The standard InChI is InChI=1S/C21H24F2N6O2/c1-26-20(31)28-4-2-14(8-17(28)25-26)29-10-13-7-15(13)16-6-12(9-24-18(16)29)19(30)27-5-3-21(22,23)11-27/h2,4,6,8-9,13,15-18,25H,3,5,7,10-11H2,1H3. The number of aliphatic imine (C=N–C) groups is 1. The molecule has 10 heteroatoms. The Labute approximate surface area is 178 Å². The molecule has 6 rings (SSSR count). The third kappa shape index (κ3) is 2.99. The normalized spacial score (nSPS) is 37.4. The second kappa shape index (κ2) is 6.38. The van der Waals surface area contributed by atoms with Gasteiger partial charge in [-0.1, -0.05) is 6.08 Å². The van der Waals surface area contributed by atoms with Gasteiger partial charge < -0.3 is 9.80 Å². The number of urea groups is 1. The van der Waals surface area contributed by atoms with Crippen LogP contribution in [0.15, 0.2) is 40.7 Å². The number of nitrogens with one attached hydrogen (secondary N) is 1. The first kappa shape index (κ1) is 19.0. The van der Waals surface area contributed by atoms with Crippen LogP contribution in [-0.4, -0.2) is 82.8 Å². The van der Waals surface area contributed by atoms with Crippen molar-refractivity contribution in [1.29, 1.82) is 0 Å². The van der Waals surface area contributed by atoms with Crippen molar-refractivity contribution >= 4 is 18.2 Å². The highest BCUT2D eigenvalue weighted by molar-refractivity contribution is 6.12. The molecule has 1 saturated carbocycles. The predicted molar refractivity (Wildman–Crippen MR) is 107 cm³/mol. The Balaban J connectivity index is 1.23. The van der Waals surface area contributed by atoms with Gasteiger partial charge in [0.1, 0.15) is 12.3 Å². The molecule has 0 aromatic rings. The average molecular weight is 430 g/mol. The Morgan fingerprint density at radius 1 is 1.32 bits per heavy atom. The first-order chi connectivity index (χ1) is 14.8. The molecule has 3 amide bonds. The topological polar surface area (TPSA) is 71.5 Å². The van der Waals surface area contributed by atoms with Crippen molar-refractivity contribution in [3.05, 3.63) is 35.7 Å². The number of piperidine rings is 1. The van der Waals surface area contributed by atoms with E-state index in [1.807, 2.05) is 18.2 Å². The fourth-order valence-corrected chi connectivity index (χ4v) is 5.46. The van der Waals surface area contributed by atoms with Crippen LogP contribution >= 0.6 is 0 Å². The summed E-state index contributed by atoms with van der Waals surface area (Å²) in [5.74, 6) is -2.06. The van der Waals surface area contributed by atoms with Gasteiger partial charge in [0.15, 0.2) is 0 Å². The summed E-state index contributed by atoms with van der Waals surface area (Å²) < 4.78 is 27.1. The fraction of sp³-hybridized carbons (Fsp3) is 0.571. The second-order valence-corrected chi connectivity index (χ2v) is 9.27. The highest BCUT2D eigenvalue weighted by Gasteiger charge is 2.53. The number of alkyl halides is 2. The van der Waals surface area contributed by atoms with E-state index in [-0.39, 0.29) is 43.2 Å². The van der Waals surface area contributed by atoms with Crippen molar-refractivity contribution in [2.24, 2.45) is 22.7 Å². The monoisotopic (exact) mass is 430 g/mol. The van der Waals surface area contributed by atoms with Gasteiger partial charge in [0, 0.05) is 50.6 Å². The van der Waals surface area contributed by atoms with E-state index in [0.29, 0.717) is 17.4 Å². The molecule has 8 nitrogen and oxygen atoms in total. The zero-order valence-corrected chi connectivity index (χ0v) is 17.1. The molecule has 164 valence electrons. The summed E-state index contributed by atoms with van der Waals surface area (Å²) in [5.41, 5.74) is 4.55. The highest BCUT2D eigenvalue weighted by atomic mass is 19.3. The quantitative estimate of drug-likeness (QED) is 0.719. The smallest absolute Gasteiger partial charge is 0.339 e. The Kier molecular flexibility index (Phi) is 3.91. The van der Waals surface area contributed by atoms with Gasteiger partial charge in [-0.2, -0.15) is 0 Å². The number of allylic oxidation sites excluding steroid dienone is 1. The third-order valence-corrected chi connectivity index (χ3v) is 7.21. The van der Waals surface area contributed by atoms with Gasteiger partial charge in [-0.25, -0.2) is 19.0 Å². The number of hydrogen-bond donors (Lipinski definition) is 1. The van der Waals surface area contributed by atoms with Gasteiger partial charge in [-0.3, -0.25) is 19.7 Å². The molecule has 31 heavy (non-hydrogen) atoms. The van der Waals surface area contributed by atoms with Crippen LogP contribution in [0, 0.1) is 17.8 Å². The molecule has 0 bridgehead atoms. The molecule has 1 N–H and O–H groups in total. The lowest BCUT2D eigenvalue weighted by Gasteiger charge is -2.42. The molecule has 5 unspecified atom stereocenters. The van der Waals surface area contributed by atoms with Crippen LogP contribution in [0.1, 0.15) is 12.8 Å². The third-order valence-electron chi connectivity index (χ3n) is 7.21. The number of carbonyl (C=O) groups excluding carboxylic acids is 2. The van der Waals surface area contributed by atoms with Crippen molar-refractivity contribution < 1.29 is 18.4 Å². The van der Waals surface area contributed by atoms with Crippen LogP contribution in [0.25, 0.3) is 0 Å². The van der Waals surface area contributed by atoms with E-state index in [1.54, 1.807) is 24.4 Å². The van der Waals surface area contributed by atoms with Gasteiger partial charge in [-0.05, 0) is 30.4 Å². The van der Waals surface area contributed by atoms with Crippen LogP contribution in [-0.2, 0) is 4.79 Å². The SMILES string of the molecule is CN1NC2C=C(N3CC4CC4C4C=C(C(=O)N5CCC(F)(F)C5)C=NC43)C=CN2C1=O. The van der Waals surface area contributed by atoms with Crippen LogP contribution in [0.4, 0.5) is 13.6 Å². The van der Waals surface area contributed by atoms with Crippen molar-refractivity contribution in [2.75, 3.05) is 26.7 Å². The van der Waals surface area contributed by atoms with Crippen molar-refractivity contribution in [3.63, 3.8) is 0 Å². The molecule has 6 aliphatic rings. The molecule has 5 atom stereocenters. The molecule has 3 saturated heterocycles. The maximum atomic E-state index is 13.6. The summed E-state index contributed by atoms with van der Waals surface area (Å²) in [6, 6.07) is -0.107. The van der Waals surface area contributed by atoms with E-state index in [2.05, 4.69) is 10.3 Å². The summed E-state index contributed by atoms with van der Waals surface area (Å²) >= 11 is 0. The van der Waals surface area contributed by atoms with Crippen LogP contribution in [0.3, 0.4) is 0 Å². The van der Waals surface area contributed by atoms with Gasteiger partial charge in [0.05, 0.1) is 12.1 Å². The minimum absolute atomic E-state index is 0.0824. The Bertz CT molecular complexity index is 975. The lowest BCUT2D eigenvalue weighted by Crippen LogP contribution is -2.47. The summed E-state index contributed by atoms with van der Waals surface area (Å²) in [7, 11) is 1.69. The molecule has 1 aliphatic carbocycles. The summed E-state index contributed by atoms with van der Waals surface area (Å²) in [5, 5.41) is 1.46. The number of fused-ring (bicyclic) bond motifs is 4. The Morgan fingerprint density at radius 3 is 2.94 bits per heavy atom. The van der Waals surface area contributed by atoms with Crippen LogP contribution < -0.4 is 5.43 Å². The van der Waals surface area contributed by atoms with Crippen LogP contribution in [0.5, 0.6) is 0 Å². The molecule has 0 spiro atoms. The van der Waals surface area contributed by atoms with Crippen molar-refractivity contribution in [1.82, 2.24) is 25.1 Å². The van der Waals surface area contributed by atoms with Gasteiger partial charge in [0.2, 0.25) is 0 Å². The maximum Gasteiger partial charge on any atom is 0.339 e. The summed E-state index contributed by atoms with van der Waals surface area (Å²) in [4.78, 5) is 34.8. The molecule has 5 heterocycles. The predicted octanol–water partition coefficient (Wildman–Crippen LogP) is 1.37. The molecule has 4 fully saturated rings. The Morgan fingerprint density at radius 2 is 2.16 bits per heavy atom. The number of carbonyl (C=O) groups is 2. The van der Waals surface area contributed by atoms with Gasteiger partial charge in [-0.15, -0.1) is 0 Å². The number of amides is 3. The summed E-state index contributed by atoms with van der Waals surface area (Å²) in [6.07, 6.45) is 9.70. The van der Waals surface area contributed by atoms with E-state index in [9.17, 15) is 18.4 Å². The molecule has 0 radical (unpaired) electrons. The van der Waals surface area contributed by atoms with E-state index < -0.39 is 12.5 Å². The Hall–Kier alpha value is -2.75.